The molecule has 8 aromatic carbocycles. The van der Waals surface area contributed by atoms with Gasteiger partial charge in [-0.1, -0.05) is 127 Å². The molecule has 10 aromatic rings. The van der Waals surface area contributed by atoms with Crippen LogP contribution in [0.25, 0.3) is 77.4 Å². The average Bonchev–Trinajstić information content (AvgIpc) is 3.59. The van der Waals surface area contributed by atoms with Crippen LogP contribution in [0.1, 0.15) is 0 Å². The van der Waals surface area contributed by atoms with Crippen LogP contribution in [0, 0.1) is 0 Å². The number of hydrogen-bond donors (Lipinski definition) is 0. The van der Waals surface area contributed by atoms with Gasteiger partial charge < -0.3 is 9.32 Å². The number of anilines is 3. The Hall–Kier alpha value is -7.04. The van der Waals surface area contributed by atoms with Crippen LogP contribution in [0.4, 0.5) is 17.1 Å². The smallest absolute Gasteiger partial charge is 0.137 e. The maximum absolute atomic E-state index is 6.70. The molecule has 0 spiro atoms. The number of hydrogen-bond acceptors (Lipinski definition) is 4. The molecule has 0 aliphatic rings. The predicted molar refractivity (Wildman–Crippen MR) is 215 cm³/mol. The van der Waals surface area contributed by atoms with Crippen LogP contribution >= 0.6 is 0 Å². The van der Waals surface area contributed by atoms with Crippen LogP contribution < -0.4 is 4.90 Å². The molecule has 2 aromatic heterocycles. The van der Waals surface area contributed by atoms with E-state index in [1.807, 2.05) is 36.4 Å². The maximum Gasteiger partial charge on any atom is 0.137 e. The summed E-state index contributed by atoms with van der Waals surface area (Å²) in [6.07, 6.45) is 0. The zero-order chi connectivity index (χ0) is 34.4. The van der Waals surface area contributed by atoms with Gasteiger partial charge in [-0.2, -0.15) is 0 Å². The van der Waals surface area contributed by atoms with Gasteiger partial charge in [-0.25, -0.2) is 9.97 Å². The molecular formula is C48H31N3O. The van der Waals surface area contributed by atoms with Crippen molar-refractivity contribution < 1.29 is 4.42 Å². The van der Waals surface area contributed by atoms with Gasteiger partial charge in [0.2, 0.25) is 0 Å². The Kier molecular flexibility index (Phi) is 7.10. The third-order valence-corrected chi connectivity index (χ3v) is 9.84. The van der Waals surface area contributed by atoms with Crippen LogP contribution in [-0.2, 0) is 0 Å². The molecule has 0 N–H and O–H groups in total. The molecule has 0 amide bonds. The van der Waals surface area contributed by atoms with Crippen molar-refractivity contribution in [1.29, 1.82) is 0 Å². The zero-order valence-corrected chi connectivity index (χ0v) is 28.1. The molecule has 0 saturated heterocycles. The molecule has 0 aliphatic heterocycles. The lowest BCUT2D eigenvalue weighted by atomic mass is 9.96. The highest BCUT2D eigenvalue weighted by molar-refractivity contribution is 6.14. The van der Waals surface area contributed by atoms with Crippen molar-refractivity contribution in [2.24, 2.45) is 0 Å². The lowest BCUT2D eigenvalue weighted by Gasteiger charge is -2.26. The highest BCUT2D eigenvalue weighted by Gasteiger charge is 2.21. The molecule has 52 heavy (non-hydrogen) atoms. The largest absolute Gasteiger partial charge is 0.456 e. The SMILES string of the molecule is c1ccc(-c2cccc(N(c3ccccc3)c3ccc4c(c3)oc3cccc(-c5nc6ccccc6nc5-c5cccc6ccccc56)c34)c2)cc1. The van der Waals surface area contributed by atoms with Gasteiger partial charge in [-0.3, -0.25) is 0 Å². The van der Waals surface area contributed by atoms with Crippen LogP contribution in [0.3, 0.4) is 0 Å². The van der Waals surface area contributed by atoms with E-state index in [1.54, 1.807) is 0 Å². The van der Waals surface area contributed by atoms with E-state index in [4.69, 9.17) is 14.4 Å². The first-order valence-corrected chi connectivity index (χ1v) is 17.5. The van der Waals surface area contributed by atoms with Gasteiger partial charge in [0, 0.05) is 45.0 Å². The second-order valence-corrected chi connectivity index (χ2v) is 13.0. The minimum atomic E-state index is 0.806. The van der Waals surface area contributed by atoms with Crippen molar-refractivity contribution in [3.63, 3.8) is 0 Å². The second-order valence-electron chi connectivity index (χ2n) is 13.0. The molecule has 244 valence electrons. The van der Waals surface area contributed by atoms with E-state index in [9.17, 15) is 0 Å². The Bertz CT molecular complexity index is 2910. The molecule has 0 aliphatic carbocycles. The second kappa shape index (κ2) is 12.4. The summed E-state index contributed by atoms with van der Waals surface area (Å²) in [7, 11) is 0. The molecule has 0 radical (unpaired) electrons. The first kappa shape index (κ1) is 29.8. The first-order valence-electron chi connectivity index (χ1n) is 17.5. The van der Waals surface area contributed by atoms with Gasteiger partial charge in [0.05, 0.1) is 22.4 Å². The van der Waals surface area contributed by atoms with Crippen molar-refractivity contribution in [2.75, 3.05) is 4.90 Å². The Morgan fingerprint density at radius 1 is 0.385 bits per heavy atom. The molecule has 2 heterocycles. The summed E-state index contributed by atoms with van der Waals surface area (Å²) in [5.74, 6) is 0. The topological polar surface area (TPSA) is 42.2 Å². The van der Waals surface area contributed by atoms with E-state index in [0.29, 0.717) is 0 Å². The molecule has 0 fully saturated rings. The zero-order valence-electron chi connectivity index (χ0n) is 28.1. The maximum atomic E-state index is 6.70. The van der Waals surface area contributed by atoms with E-state index in [1.165, 1.54) is 5.56 Å². The summed E-state index contributed by atoms with van der Waals surface area (Å²) in [4.78, 5) is 12.9. The normalized spacial score (nSPS) is 11.5. The monoisotopic (exact) mass is 665 g/mol. The number of aromatic nitrogens is 2. The van der Waals surface area contributed by atoms with Gasteiger partial charge >= 0.3 is 0 Å². The summed E-state index contributed by atoms with van der Waals surface area (Å²) in [5, 5.41) is 4.35. The van der Waals surface area contributed by atoms with Gasteiger partial charge in [-0.05, 0) is 76.5 Å². The Labute approximate surface area is 300 Å². The Balaban J connectivity index is 1.17. The number of rotatable bonds is 6. The van der Waals surface area contributed by atoms with E-state index >= 15 is 0 Å². The van der Waals surface area contributed by atoms with Crippen LogP contribution in [0.2, 0.25) is 0 Å². The first-order chi connectivity index (χ1) is 25.8. The average molecular weight is 666 g/mol. The van der Waals surface area contributed by atoms with E-state index < -0.39 is 0 Å². The fourth-order valence-electron chi connectivity index (χ4n) is 7.44. The molecular weight excluding hydrogens is 635 g/mol. The fourth-order valence-corrected chi connectivity index (χ4v) is 7.44. The third kappa shape index (κ3) is 5.09. The molecule has 0 saturated carbocycles. The lowest BCUT2D eigenvalue weighted by Crippen LogP contribution is -2.09. The number of furan rings is 1. The van der Waals surface area contributed by atoms with Crippen molar-refractivity contribution in [3.8, 4) is 33.6 Å². The number of benzene rings is 8. The van der Waals surface area contributed by atoms with Gasteiger partial charge in [-0.15, -0.1) is 0 Å². The van der Waals surface area contributed by atoms with E-state index in [-0.39, 0.29) is 0 Å². The predicted octanol–water partition coefficient (Wildman–Crippen LogP) is 13.2. The van der Waals surface area contributed by atoms with Crippen LogP contribution in [-0.4, -0.2) is 9.97 Å². The third-order valence-electron chi connectivity index (χ3n) is 9.84. The summed E-state index contributed by atoms with van der Waals surface area (Å²) >= 11 is 0. The van der Waals surface area contributed by atoms with Crippen LogP contribution in [0.15, 0.2) is 192 Å². The fraction of sp³-hybridized carbons (Fsp3) is 0. The van der Waals surface area contributed by atoms with Gasteiger partial charge in [0.15, 0.2) is 0 Å². The number of nitrogens with zero attached hydrogens (tertiary/aromatic N) is 3. The van der Waals surface area contributed by atoms with Gasteiger partial charge in [0.1, 0.15) is 11.2 Å². The minimum Gasteiger partial charge on any atom is -0.456 e. The van der Waals surface area contributed by atoms with E-state index in [0.717, 1.165) is 88.9 Å². The Morgan fingerprint density at radius 3 is 1.81 bits per heavy atom. The Morgan fingerprint density at radius 2 is 0.981 bits per heavy atom. The highest BCUT2D eigenvalue weighted by atomic mass is 16.3. The number of para-hydroxylation sites is 3. The number of fused-ring (bicyclic) bond motifs is 5. The summed E-state index contributed by atoms with van der Waals surface area (Å²) in [6, 6.07) is 65.4. The standard InChI is InChI=1S/C48H31N3O/c1-3-14-32(15-4-1)34-18-11-21-36(30-34)51(35-19-5-2-6-20-35)37-28-29-40-45(31-37)52-44-27-13-24-41(46(40)44)48-47(49-42-25-9-10-26-43(42)50-48)39-23-12-17-33-16-7-8-22-38(33)39/h1-31H. The van der Waals surface area contributed by atoms with Crippen LogP contribution in [0.5, 0.6) is 0 Å². The molecule has 0 unspecified atom stereocenters. The summed E-state index contributed by atoms with van der Waals surface area (Å²) in [6.45, 7) is 0. The highest BCUT2D eigenvalue weighted by Crippen LogP contribution is 2.44. The quantitative estimate of drug-likeness (QED) is 0.177. The molecule has 4 heteroatoms. The van der Waals surface area contributed by atoms with Crippen molar-refractivity contribution in [1.82, 2.24) is 9.97 Å². The summed E-state index contributed by atoms with van der Waals surface area (Å²) < 4.78 is 6.70. The van der Waals surface area contributed by atoms with Crippen molar-refractivity contribution in [2.45, 2.75) is 0 Å². The van der Waals surface area contributed by atoms with Gasteiger partial charge in [0.25, 0.3) is 0 Å². The van der Waals surface area contributed by atoms with E-state index in [2.05, 4.69) is 157 Å². The lowest BCUT2D eigenvalue weighted by molar-refractivity contribution is 0.669. The molecule has 10 rings (SSSR count). The minimum absolute atomic E-state index is 0.806. The molecule has 0 atom stereocenters. The molecule has 0 bridgehead atoms. The van der Waals surface area contributed by atoms with Crippen molar-refractivity contribution >= 4 is 60.8 Å². The summed E-state index contributed by atoms with van der Waals surface area (Å²) in [5.41, 5.74) is 12.5. The molecule has 4 nitrogen and oxygen atoms in total. The van der Waals surface area contributed by atoms with Crippen molar-refractivity contribution in [3.05, 3.63) is 188 Å².